The molecule has 0 atom stereocenters. The summed E-state index contributed by atoms with van der Waals surface area (Å²) in [5, 5.41) is 2.93. The van der Waals surface area contributed by atoms with Crippen LogP contribution in [-0.4, -0.2) is 15.0 Å². The molecule has 6 heteroatoms. The lowest BCUT2D eigenvalue weighted by Crippen LogP contribution is -1.99. The second-order valence-electron chi connectivity index (χ2n) is 4.12. The maximum atomic E-state index is 5.80. The molecule has 0 unspecified atom stereocenters. The minimum absolute atomic E-state index is 0.524. The number of hydrogen-bond acceptors (Lipinski definition) is 6. The van der Waals surface area contributed by atoms with Crippen molar-refractivity contribution in [3.05, 3.63) is 23.0 Å². The van der Waals surface area contributed by atoms with Gasteiger partial charge in [0.05, 0.1) is 0 Å². The molecule has 2 aromatic heterocycles. The first-order valence-corrected chi connectivity index (χ1v) is 7.15. The molecule has 3 rings (SSSR count). The Balaban J connectivity index is 1.86. The van der Waals surface area contributed by atoms with E-state index in [1.165, 1.54) is 12.8 Å². The first kappa shape index (κ1) is 11.0. The zero-order valence-electron chi connectivity index (χ0n) is 9.38. The van der Waals surface area contributed by atoms with Crippen LogP contribution in [0.3, 0.4) is 0 Å². The quantitative estimate of drug-likeness (QED) is 0.864. The van der Waals surface area contributed by atoms with Gasteiger partial charge < -0.3 is 5.73 Å². The fourth-order valence-electron chi connectivity index (χ4n) is 1.51. The Morgan fingerprint density at radius 2 is 2.18 bits per heavy atom. The van der Waals surface area contributed by atoms with Crippen LogP contribution in [0, 0.1) is 6.92 Å². The van der Waals surface area contributed by atoms with E-state index < -0.39 is 0 Å². The van der Waals surface area contributed by atoms with E-state index in [4.69, 9.17) is 5.73 Å². The number of anilines is 1. The molecule has 17 heavy (non-hydrogen) atoms. The SMILES string of the molecule is Cc1csc(Sc2cc(N)nc(C3CC3)n2)n1. The topological polar surface area (TPSA) is 64.7 Å². The standard InChI is InChI=1S/C11H12N4S2/c1-6-5-16-11(13-6)17-9-4-8(12)14-10(15-9)7-2-3-7/h4-5,7H,2-3H2,1H3,(H2,12,14,15). The van der Waals surface area contributed by atoms with E-state index >= 15 is 0 Å². The van der Waals surface area contributed by atoms with Crippen LogP contribution >= 0.6 is 23.1 Å². The first-order valence-electron chi connectivity index (χ1n) is 5.45. The Hall–Kier alpha value is -1.14. The Morgan fingerprint density at radius 3 is 2.82 bits per heavy atom. The van der Waals surface area contributed by atoms with Gasteiger partial charge in [-0.15, -0.1) is 11.3 Å². The highest BCUT2D eigenvalue weighted by Gasteiger charge is 2.27. The number of nitrogens with zero attached hydrogens (tertiary/aromatic N) is 3. The van der Waals surface area contributed by atoms with Crippen molar-refractivity contribution in [2.45, 2.75) is 35.0 Å². The predicted octanol–water partition coefficient (Wildman–Crippen LogP) is 2.85. The zero-order chi connectivity index (χ0) is 11.8. The van der Waals surface area contributed by atoms with Crippen molar-refractivity contribution >= 4 is 28.9 Å². The summed E-state index contributed by atoms with van der Waals surface area (Å²) in [6.07, 6.45) is 2.37. The summed E-state index contributed by atoms with van der Waals surface area (Å²) in [5.41, 5.74) is 6.85. The number of thiazole rings is 1. The van der Waals surface area contributed by atoms with Crippen molar-refractivity contribution < 1.29 is 0 Å². The monoisotopic (exact) mass is 264 g/mol. The molecular formula is C11H12N4S2. The van der Waals surface area contributed by atoms with Crippen molar-refractivity contribution in [1.29, 1.82) is 0 Å². The summed E-state index contributed by atoms with van der Waals surface area (Å²) < 4.78 is 1.00. The van der Waals surface area contributed by atoms with E-state index in [-0.39, 0.29) is 0 Å². The molecule has 0 bridgehead atoms. The molecule has 2 aromatic rings. The molecule has 0 saturated heterocycles. The molecule has 0 radical (unpaired) electrons. The molecule has 0 aromatic carbocycles. The number of nitrogen functional groups attached to an aromatic ring is 1. The van der Waals surface area contributed by atoms with Gasteiger partial charge in [0.2, 0.25) is 0 Å². The van der Waals surface area contributed by atoms with Gasteiger partial charge in [-0.1, -0.05) is 0 Å². The van der Waals surface area contributed by atoms with Gasteiger partial charge in [0.1, 0.15) is 16.7 Å². The molecule has 1 aliphatic carbocycles. The molecule has 4 nitrogen and oxygen atoms in total. The third kappa shape index (κ3) is 2.58. The third-order valence-corrected chi connectivity index (χ3v) is 4.45. The number of aromatic nitrogens is 3. The lowest BCUT2D eigenvalue weighted by Gasteiger charge is -2.02. The second kappa shape index (κ2) is 4.27. The van der Waals surface area contributed by atoms with Crippen LogP contribution in [0.25, 0.3) is 0 Å². The van der Waals surface area contributed by atoms with E-state index in [9.17, 15) is 0 Å². The number of rotatable bonds is 3. The largest absolute Gasteiger partial charge is 0.384 e. The Kier molecular flexibility index (Phi) is 2.76. The molecular weight excluding hydrogens is 252 g/mol. The van der Waals surface area contributed by atoms with Crippen molar-refractivity contribution in [3.63, 3.8) is 0 Å². The molecule has 1 saturated carbocycles. The Bertz CT molecular complexity index is 548. The zero-order valence-corrected chi connectivity index (χ0v) is 11.0. The van der Waals surface area contributed by atoms with Gasteiger partial charge in [-0.05, 0) is 31.5 Å². The highest BCUT2D eigenvalue weighted by Crippen LogP contribution is 2.39. The minimum Gasteiger partial charge on any atom is -0.384 e. The van der Waals surface area contributed by atoms with E-state index in [0.29, 0.717) is 11.7 Å². The minimum atomic E-state index is 0.524. The summed E-state index contributed by atoms with van der Waals surface area (Å²) in [6.45, 7) is 1.99. The van der Waals surface area contributed by atoms with Crippen molar-refractivity contribution in [2.75, 3.05) is 5.73 Å². The fraction of sp³-hybridized carbons (Fsp3) is 0.364. The molecule has 2 heterocycles. The van der Waals surface area contributed by atoms with Gasteiger partial charge in [0, 0.05) is 23.1 Å². The van der Waals surface area contributed by atoms with Crippen LogP contribution in [0.4, 0.5) is 5.82 Å². The van der Waals surface area contributed by atoms with Gasteiger partial charge in [-0.3, -0.25) is 0 Å². The molecule has 1 fully saturated rings. The molecule has 0 amide bonds. The number of aryl methyl sites for hydroxylation is 1. The molecule has 1 aliphatic rings. The smallest absolute Gasteiger partial charge is 0.156 e. The number of hydrogen-bond donors (Lipinski definition) is 1. The lowest BCUT2D eigenvalue weighted by atomic mass is 10.4. The molecule has 2 N–H and O–H groups in total. The molecule has 0 spiro atoms. The Labute approximate surface area is 108 Å². The molecule has 88 valence electrons. The van der Waals surface area contributed by atoms with E-state index in [1.807, 2.05) is 18.4 Å². The summed E-state index contributed by atoms with van der Waals surface area (Å²) >= 11 is 3.19. The van der Waals surface area contributed by atoms with Crippen molar-refractivity contribution in [3.8, 4) is 0 Å². The average molecular weight is 264 g/mol. The fourth-order valence-corrected chi connectivity index (χ4v) is 3.31. The van der Waals surface area contributed by atoms with Crippen LogP contribution < -0.4 is 5.73 Å². The average Bonchev–Trinajstić information content (AvgIpc) is 3.03. The summed E-state index contributed by atoms with van der Waals surface area (Å²) in [7, 11) is 0. The van der Waals surface area contributed by atoms with Gasteiger partial charge in [0.25, 0.3) is 0 Å². The van der Waals surface area contributed by atoms with Gasteiger partial charge in [-0.25, -0.2) is 15.0 Å². The van der Waals surface area contributed by atoms with Gasteiger partial charge in [-0.2, -0.15) is 0 Å². The van der Waals surface area contributed by atoms with Gasteiger partial charge in [0.15, 0.2) is 4.34 Å². The second-order valence-corrected chi connectivity index (χ2v) is 6.25. The van der Waals surface area contributed by atoms with Crippen molar-refractivity contribution in [1.82, 2.24) is 15.0 Å². The van der Waals surface area contributed by atoms with E-state index in [1.54, 1.807) is 23.1 Å². The van der Waals surface area contributed by atoms with Crippen molar-refractivity contribution in [2.24, 2.45) is 0 Å². The third-order valence-electron chi connectivity index (χ3n) is 2.47. The van der Waals surface area contributed by atoms with Crippen LogP contribution in [0.1, 0.15) is 30.3 Å². The highest BCUT2D eigenvalue weighted by molar-refractivity contribution is 8.01. The Morgan fingerprint density at radius 1 is 1.35 bits per heavy atom. The highest BCUT2D eigenvalue weighted by atomic mass is 32.2. The first-order chi connectivity index (χ1) is 8.20. The molecule has 0 aliphatic heterocycles. The lowest BCUT2D eigenvalue weighted by molar-refractivity contribution is 0.883. The van der Waals surface area contributed by atoms with E-state index in [2.05, 4.69) is 15.0 Å². The summed E-state index contributed by atoms with van der Waals surface area (Å²) in [6, 6.07) is 1.81. The van der Waals surface area contributed by atoms with Gasteiger partial charge >= 0.3 is 0 Å². The maximum Gasteiger partial charge on any atom is 0.156 e. The van der Waals surface area contributed by atoms with Crippen LogP contribution in [0.2, 0.25) is 0 Å². The van der Waals surface area contributed by atoms with E-state index in [0.717, 1.165) is 20.9 Å². The summed E-state index contributed by atoms with van der Waals surface area (Å²) in [4.78, 5) is 13.2. The van der Waals surface area contributed by atoms with Crippen LogP contribution in [-0.2, 0) is 0 Å². The van der Waals surface area contributed by atoms with Crippen LogP contribution in [0.5, 0.6) is 0 Å². The number of nitrogens with two attached hydrogens (primary N) is 1. The van der Waals surface area contributed by atoms with Crippen LogP contribution in [0.15, 0.2) is 20.8 Å². The summed E-state index contributed by atoms with van der Waals surface area (Å²) in [5.74, 6) is 1.97. The predicted molar refractivity (Wildman–Crippen MR) is 69.4 cm³/mol. The maximum absolute atomic E-state index is 5.80. The normalized spacial score (nSPS) is 15.1.